The number of rotatable bonds is 2. The summed E-state index contributed by atoms with van der Waals surface area (Å²) in [6.07, 6.45) is 3.64. The third-order valence-corrected chi connectivity index (χ3v) is 1.32. The lowest BCUT2D eigenvalue weighted by Crippen LogP contribution is -2.39. The van der Waals surface area contributed by atoms with E-state index in [1.807, 2.05) is 24.5 Å². The molecule has 1 aromatic heterocycles. The van der Waals surface area contributed by atoms with Crippen LogP contribution in [-0.4, -0.2) is 7.11 Å². The quantitative estimate of drug-likeness (QED) is 0.560. The van der Waals surface area contributed by atoms with Crippen LogP contribution in [0.2, 0.25) is 0 Å². The average molecular weight is 139 g/mol. The van der Waals surface area contributed by atoms with Crippen molar-refractivity contribution in [1.29, 1.82) is 0 Å². The Morgan fingerprint density at radius 3 is 2.50 bits per heavy atom. The highest BCUT2D eigenvalue weighted by molar-refractivity contribution is 5.05. The molecule has 1 heterocycles. The summed E-state index contributed by atoms with van der Waals surface area (Å²) in [6.45, 7) is 0.574. The first kappa shape index (κ1) is 7.02. The number of hydrogen-bond acceptors (Lipinski definition) is 2. The van der Waals surface area contributed by atoms with Gasteiger partial charge in [0.1, 0.15) is 7.11 Å². The summed E-state index contributed by atoms with van der Waals surface area (Å²) in [4.78, 5) is 4.89. The van der Waals surface area contributed by atoms with Crippen molar-refractivity contribution in [3.8, 4) is 0 Å². The largest absolute Gasteiger partial charge is 0.326 e. The van der Waals surface area contributed by atoms with Crippen molar-refractivity contribution in [2.75, 3.05) is 7.11 Å². The van der Waals surface area contributed by atoms with Crippen molar-refractivity contribution < 1.29 is 9.57 Å². The molecule has 3 nitrogen and oxygen atoms in total. The number of pyridine rings is 1. The van der Waals surface area contributed by atoms with Gasteiger partial charge in [0.25, 0.3) is 0 Å². The second kappa shape index (κ2) is 3.17. The summed E-state index contributed by atoms with van der Waals surface area (Å²) in [5.41, 5.74) is 6.50. The minimum Gasteiger partial charge on any atom is -0.326 e. The molecule has 0 bridgehead atoms. The Bertz CT molecular complexity index is 172. The maximum Gasteiger partial charge on any atom is 0.222 e. The van der Waals surface area contributed by atoms with Gasteiger partial charge >= 0.3 is 0 Å². The molecule has 0 radical (unpaired) electrons. The van der Waals surface area contributed by atoms with Gasteiger partial charge in [0.15, 0.2) is 0 Å². The van der Waals surface area contributed by atoms with Crippen molar-refractivity contribution >= 4 is 0 Å². The van der Waals surface area contributed by atoms with Crippen molar-refractivity contribution in [3.63, 3.8) is 0 Å². The second-order valence-corrected chi connectivity index (χ2v) is 1.95. The van der Waals surface area contributed by atoms with Gasteiger partial charge in [-0.3, -0.25) is 4.84 Å². The van der Waals surface area contributed by atoms with Gasteiger partial charge in [-0.05, 0) is 5.56 Å². The zero-order valence-corrected chi connectivity index (χ0v) is 5.95. The van der Waals surface area contributed by atoms with Crippen LogP contribution in [0.3, 0.4) is 0 Å². The van der Waals surface area contributed by atoms with Crippen LogP contribution >= 0.6 is 0 Å². The molecule has 1 rings (SSSR count). The lowest BCUT2D eigenvalue weighted by Gasteiger charge is -1.92. The monoisotopic (exact) mass is 139 g/mol. The smallest absolute Gasteiger partial charge is 0.222 e. The molecule has 0 spiro atoms. The van der Waals surface area contributed by atoms with E-state index in [-0.39, 0.29) is 0 Å². The highest BCUT2D eigenvalue weighted by Crippen LogP contribution is 1.90. The van der Waals surface area contributed by atoms with Gasteiger partial charge in [-0.2, -0.15) is 0 Å². The van der Waals surface area contributed by atoms with Crippen LogP contribution in [0.1, 0.15) is 5.56 Å². The molecule has 0 saturated carbocycles. The van der Waals surface area contributed by atoms with Crippen LogP contribution < -0.4 is 15.3 Å². The summed E-state index contributed by atoms with van der Waals surface area (Å²) in [6, 6.07) is 3.84. The SMILES string of the molecule is CO[n+]1ccc(CN)cc1. The zero-order valence-electron chi connectivity index (χ0n) is 5.95. The minimum absolute atomic E-state index is 0.574. The van der Waals surface area contributed by atoms with Gasteiger partial charge in [-0.15, -0.1) is 0 Å². The van der Waals surface area contributed by atoms with E-state index >= 15 is 0 Å². The van der Waals surface area contributed by atoms with E-state index in [2.05, 4.69) is 0 Å². The van der Waals surface area contributed by atoms with Crippen LogP contribution in [0.5, 0.6) is 0 Å². The van der Waals surface area contributed by atoms with Gasteiger partial charge in [-0.25, -0.2) is 0 Å². The number of nitrogens with two attached hydrogens (primary N) is 1. The molecule has 0 aliphatic rings. The molecule has 10 heavy (non-hydrogen) atoms. The minimum atomic E-state index is 0.574. The topological polar surface area (TPSA) is 39.1 Å². The van der Waals surface area contributed by atoms with Crippen LogP contribution in [0.15, 0.2) is 24.5 Å². The van der Waals surface area contributed by atoms with Crippen LogP contribution in [-0.2, 0) is 6.54 Å². The van der Waals surface area contributed by atoms with E-state index in [0.717, 1.165) is 5.56 Å². The third-order valence-electron chi connectivity index (χ3n) is 1.32. The third kappa shape index (κ3) is 1.45. The van der Waals surface area contributed by atoms with Crippen LogP contribution in [0.25, 0.3) is 0 Å². The fourth-order valence-corrected chi connectivity index (χ4v) is 0.701. The first-order valence-corrected chi connectivity index (χ1v) is 3.11. The summed E-state index contributed by atoms with van der Waals surface area (Å²) in [5.74, 6) is 0. The first-order chi connectivity index (χ1) is 4.86. The Balaban J connectivity index is 2.80. The van der Waals surface area contributed by atoms with Crippen LogP contribution in [0, 0.1) is 0 Å². The lowest BCUT2D eigenvalue weighted by molar-refractivity contribution is -0.885. The Hall–Kier alpha value is -1.09. The van der Waals surface area contributed by atoms with Crippen LogP contribution in [0.4, 0.5) is 0 Å². The first-order valence-electron chi connectivity index (χ1n) is 3.11. The molecule has 2 N–H and O–H groups in total. The van der Waals surface area contributed by atoms with E-state index in [9.17, 15) is 0 Å². The van der Waals surface area contributed by atoms with E-state index in [1.54, 1.807) is 11.8 Å². The van der Waals surface area contributed by atoms with E-state index < -0.39 is 0 Å². The van der Waals surface area contributed by atoms with Crippen molar-refractivity contribution in [2.45, 2.75) is 6.54 Å². The number of nitrogens with zero attached hydrogens (tertiary/aromatic N) is 1. The summed E-state index contributed by atoms with van der Waals surface area (Å²) < 4.78 is 1.61. The Labute approximate surface area is 60.0 Å². The Morgan fingerprint density at radius 2 is 2.10 bits per heavy atom. The normalized spacial score (nSPS) is 9.40. The fourth-order valence-electron chi connectivity index (χ4n) is 0.701. The highest BCUT2D eigenvalue weighted by atomic mass is 16.6. The zero-order chi connectivity index (χ0) is 7.40. The van der Waals surface area contributed by atoms with Gasteiger partial charge in [-0.1, -0.05) is 0 Å². The maximum absolute atomic E-state index is 5.39. The molecule has 0 atom stereocenters. The van der Waals surface area contributed by atoms with Gasteiger partial charge in [0.05, 0.1) is 0 Å². The maximum atomic E-state index is 5.39. The van der Waals surface area contributed by atoms with E-state index in [0.29, 0.717) is 6.54 Å². The molecule has 1 aromatic rings. The van der Waals surface area contributed by atoms with E-state index in [1.165, 1.54) is 0 Å². The molecule has 0 aromatic carbocycles. The lowest BCUT2D eigenvalue weighted by atomic mass is 10.3. The molecule has 0 fully saturated rings. The number of hydrogen-bond donors (Lipinski definition) is 1. The summed E-state index contributed by atoms with van der Waals surface area (Å²) >= 11 is 0. The predicted octanol–water partition coefficient (Wildman–Crippen LogP) is -0.509. The van der Waals surface area contributed by atoms with Gasteiger partial charge in [0, 0.05) is 23.4 Å². The van der Waals surface area contributed by atoms with Gasteiger partial charge < -0.3 is 5.73 Å². The highest BCUT2D eigenvalue weighted by Gasteiger charge is 1.95. The summed E-state index contributed by atoms with van der Waals surface area (Å²) in [5, 5.41) is 0. The molecule has 54 valence electrons. The van der Waals surface area contributed by atoms with Crippen molar-refractivity contribution in [1.82, 2.24) is 0 Å². The molecule has 0 saturated heterocycles. The standard InChI is InChI=1S/C7H11N2O/c1-10-9-4-2-7(6-8)3-5-9/h2-5H,6,8H2,1H3/q+1. The molecule has 0 unspecified atom stereocenters. The molecular weight excluding hydrogens is 128 g/mol. The summed E-state index contributed by atoms with van der Waals surface area (Å²) in [7, 11) is 1.61. The molecule has 0 aliphatic carbocycles. The Morgan fingerprint density at radius 1 is 1.50 bits per heavy atom. The second-order valence-electron chi connectivity index (χ2n) is 1.95. The Kier molecular flexibility index (Phi) is 2.23. The predicted molar refractivity (Wildman–Crippen MR) is 37.0 cm³/mol. The van der Waals surface area contributed by atoms with Crippen molar-refractivity contribution in [2.24, 2.45) is 5.73 Å². The average Bonchev–Trinajstić information content (AvgIpc) is 2.05. The van der Waals surface area contributed by atoms with E-state index in [4.69, 9.17) is 10.6 Å². The molecule has 3 heteroatoms. The molecular formula is C7H11N2O+. The number of aromatic nitrogens is 1. The van der Waals surface area contributed by atoms with Crippen molar-refractivity contribution in [3.05, 3.63) is 30.1 Å². The van der Waals surface area contributed by atoms with Gasteiger partial charge in [0.2, 0.25) is 12.4 Å². The molecule has 0 amide bonds. The molecule has 0 aliphatic heterocycles. The fraction of sp³-hybridized carbons (Fsp3) is 0.286.